The van der Waals surface area contributed by atoms with Crippen molar-refractivity contribution in [2.24, 2.45) is 5.92 Å². The molecule has 3 heterocycles. The Bertz CT molecular complexity index is 733. The first-order valence-electron chi connectivity index (χ1n) is 8.82. The summed E-state index contributed by atoms with van der Waals surface area (Å²) in [7, 11) is 0. The monoisotopic (exact) mass is 325 g/mol. The van der Waals surface area contributed by atoms with E-state index in [4.69, 9.17) is 0 Å². The summed E-state index contributed by atoms with van der Waals surface area (Å²) in [6, 6.07) is 3.76. The van der Waals surface area contributed by atoms with Crippen molar-refractivity contribution in [1.82, 2.24) is 24.6 Å². The minimum atomic E-state index is 0.109. The highest BCUT2D eigenvalue weighted by Crippen LogP contribution is 2.38. The zero-order chi connectivity index (χ0) is 16.4. The minimum Gasteiger partial charge on any atom is -0.299 e. The topological polar surface area (TPSA) is 63.9 Å². The number of likely N-dealkylation sites (tertiary alicyclic amines) is 1. The summed E-state index contributed by atoms with van der Waals surface area (Å²) in [5.41, 5.74) is 2.30. The summed E-state index contributed by atoms with van der Waals surface area (Å²) in [6.07, 6.45) is 9.94. The molecule has 0 radical (unpaired) electrons. The van der Waals surface area contributed by atoms with Gasteiger partial charge in [0.25, 0.3) is 5.56 Å². The largest absolute Gasteiger partial charge is 0.299 e. The van der Waals surface area contributed by atoms with Gasteiger partial charge in [-0.3, -0.25) is 14.3 Å². The molecule has 0 spiro atoms. The van der Waals surface area contributed by atoms with Crippen LogP contribution in [0.3, 0.4) is 0 Å². The maximum Gasteiger partial charge on any atom is 0.253 e. The van der Waals surface area contributed by atoms with Crippen molar-refractivity contribution in [2.45, 2.75) is 44.7 Å². The Labute approximate surface area is 141 Å². The van der Waals surface area contributed by atoms with Gasteiger partial charge in [-0.2, -0.15) is 10.2 Å². The van der Waals surface area contributed by atoms with Crippen LogP contribution in [-0.4, -0.2) is 37.7 Å². The summed E-state index contributed by atoms with van der Waals surface area (Å²) in [5, 5.41) is 7.75. The molecule has 1 saturated carbocycles. The molecule has 1 saturated heterocycles. The zero-order valence-corrected chi connectivity index (χ0v) is 13.8. The Morgan fingerprint density at radius 2 is 1.96 bits per heavy atom. The third-order valence-corrected chi connectivity index (χ3v) is 5.11. The highest BCUT2D eigenvalue weighted by Gasteiger charge is 2.26. The summed E-state index contributed by atoms with van der Waals surface area (Å²) in [5.74, 6) is 1.10. The molecule has 1 aliphatic carbocycles. The van der Waals surface area contributed by atoms with Gasteiger partial charge in [0.15, 0.2) is 0 Å². The first kappa shape index (κ1) is 15.4. The van der Waals surface area contributed by atoms with Gasteiger partial charge >= 0.3 is 0 Å². The van der Waals surface area contributed by atoms with Gasteiger partial charge < -0.3 is 0 Å². The maximum absolute atomic E-state index is 12.3. The van der Waals surface area contributed by atoms with Crippen molar-refractivity contribution in [3.05, 3.63) is 52.5 Å². The number of piperidine rings is 1. The number of hydrogen-bond acceptors (Lipinski definition) is 5. The van der Waals surface area contributed by atoms with E-state index < -0.39 is 0 Å². The first-order valence-corrected chi connectivity index (χ1v) is 8.82. The van der Waals surface area contributed by atoms with Crippen LogP contribution in [0, 0.1) is 5.92 Å². The van der Waals surface area contributed by atoms with Crippen molar-refractivity contribution in [1.29, 1.82) is 0 Å². The van der Waals surface area contributed by atoms with Crippen molar-refractivity contribution >= 4 is 0 Å². The van der Waals surface area contributed by atoms with Crippen LogP contribution in [0.15, 0.2) is 35.6 Å². The number of aromatic nitrogens is 4. The Morgan fingerprint density at radius 1 is 1.12 bits per heavy atom. The summed E-state index contributed by atoms with van der Waals surface area (Å²) < 4.78 is 1.79. The summed E-state index contributed by atoms with van der Waals surface area (Å²) in [6.45, 7) is 3.85. The smallest absolute Gasteiger partial charge is 0.253 e. The molecule has 0 bridgehead atoms. The fourth-order valence-electron chi connectivity index (χ4n) is 3.45. The van der Waals surface area contributed by atoms with Crippen molar-refractivity contribution in [3.63, 3.8) is 0 Å². The molecule has 2 fully saturated rings. The first-order chi connectivity index (χ1) is 11.8. The molecule has 2 aromatic rings. The minimum absolute atomic E-state index is 0.109. The van der Waals surface area contributed by atoms with Gasteiger partial charge in [-0.15, -0.1) is 0 Å². The quantitative estimate of drug-likeness (QED) is 0.839. The Morgan fingerprint density at radius 3 is 2.62 bits per heavy atom. The SMILES string of the molecule is O=c1cc(C2CC2)ncn1CC1CCN(Cc2ccnnc2)CC1. The molecule has 0 N–H and O–H groups in total. The number of rotatable bonds is 5. The van der Waals surface area contributed by atoms with Gasteiger partial charge in [-0.1, -0.05) is 0 Å². The highest BCUT2D eigenvalue weighted by atomic mass is 16.1. The van der Waals surface area contributed by atoms with Crippen LogP contribution in [0.25, 0.3) is 0 Å². The van der Waals surface area contributed by atoms with E-state index in [1.54, 1.807) is 23.2 Å². The molecule has 0 amide bonds. The van der Waals surface area contributed by atoms with E-state index >= 15 is 0 Å². The normalized spacial score (nSPS) is 19.5. The van der Waals surface area contributed by atoms with Gasteiger partial charge in [0.2, 0.25) is 0 Å². The van der Waals surface area contributed by atoms with E-state index in [-0.39, 0.29) is 5.56 Å². The number of nitrogens with zero attached hydrogens (tertiary/aromatic N) is 5. The van der Waals surface area contributed by atoms with Crippen LogP contribution in [0.1, 0.15) is 42.9 Å². The molecule has 2 aliphatic rings. The van der Waals surface area contributed by atoms with Crippen LogP contribution < -0.4 is 5.56 Å². The van der Waals surface area contributed by atoms with Crippen molar-refractivity contribution < 1.29 is 0 Å². The fourth-order valence-corrected chi connectivity index (χ4v) is 3.45. The van der Waals surface area contributed by atoms with Crippen LogP contribution in [0.2, 0.25) is 0 Å². The number of hydrogen-bond donors (Lipinski definition) is 0. The predicted octanol–water partition coefficient (Wildman–Crippen LogP) is 1.82. The second-order valence-corrected chi connectivity index (χ2v) is 7.05. The Balaban J connectivity index is 1.31. The molecule has 24 heavy (non-hydrogen) atoms. The van der Waals surface area contributed by atoms with E-state index in [9.17, 15) is 4.79 Å². The molecule has 6 nitrogen and oxygen atoms in total. The van der Waals surface area contributed by atoms with Crippen molar-refractivity contribution in [3.8, 4) is 0 Å². The highest BCUT2D eigenvalue weighted by molar-refractivity contribution is 5.12. The van der Waals surface area contributed by atoms with E-state index in [0.29, 0.717) is 11.8 Å². The Kier molecular flexibility index (Phi) is 4.38. The lowest BCUT2D eigenvalue weighted by molar-refractivity contribution is 0.166. The molecular formula is C18H23N5O. The average Bonchev–Trinajstić information content (AvgIpc) is 3.44. The molecule has 1 aliphatic heterocycles. The zero-order valence-electron chi connectivity index (χ0n) is 13.8. The van der Waals surface area contributed by atoms with Crippen molar-refractivity contribution in [2.75, 3.05) is 13.1 Å². The molecule has 2 aromatic heterocycles. The van der Waals surface area contributed by atoms with E-state index in [1.165, 1.54) is 18.4 Å². The second kappa shape index (κ2) is 6.81. The fraction of sp³-hybridized carbons (Fsp3) is 0.556. The van der Waals surface area contributed by atoms with Gasteiger partial charge in [0.1, 0.15) is 0 Å². The maximum atomic E-state index is 12.3. The third kappa shape index (κ3) is 3.70. The molecule has 4 rings (SSSR count). The van der Waals surface area contributed by atoms with Crippen LogP contribution in [0.5, 0.6) is 0 Å². The summed E-state index contributed by atoms with van der Waals surface area (Å²) >= 11 is 0. The van der Waals surface area contributed by atoms with Gasteiger partial charge in [-0.05, 0) is 56.3 Å². The van der Waals surface area contributed by atoms with Gasteiger partial charge in [0.05, 0.1) is 18.2 Å². The van der Waals surface area contributed by atoms with Crippen LogP contribution in [-0.2, 0) is 13.1 Å². The summed E-state index contributed by atoms with van der Waals surface area (Å²) in [4.78, 5) is 19.2. The van der Waals surface area contributed by atoms with Gasteiger partial charge in [-0.25, -0.2) is 4.98 Å². The van der Waals surface area contributed by atoms with E-state index in [2.05, 4.69) is 20.1 Å². The van der Waals surface area contributed by atoms with Crippen LogP contribution >= 0.6 is 0 Å². The molecular weight excluding hydrogens is 302 g/mol. The average molecular weight is 325 g/mol. The van der Waals surface area contributed by atoms with E-state index in [0.717, 1.165) is 44.7 Å². The van der Waals surface area contributed by atoms with Crippen LogP contribution in [0.4, 0.5) is 0 Å². The molecule has 0 atom stereocenters. The molecule has 126 valence electrons. The standard InChI is InChI=1S/C18H23N5O/c24-18-9-17(16-1-2-16)19-13-23(18)12-14-4-7-22(8-5-14)11-15-3-6-20-21-10-15/h3,6,9-10,13-14,16H,1-2,4-5,7-8,11-12H2. The second-order valence-electron chi connectivity index (χ2n) is 7.05. The lowest BCUT2D eigenvalue weighted by atomic mass is 9.96. The third-order valence-electron chi connectivity index (χ3n) is 5.11. The van der Waals surface area contributed by atoms with E-state index in [1.807, 2.05) is 12.3 Å². The molecule has 6 heteroatoms. The molecule has 0 aromatic carbocycles. The Hall–Kier alpha value is -2.08. The lowest BCUT2D eigenvalue weighted by Crippen LogP contribution is -2.36. The van der Waals surface area contributed by atoms with Gasteiger partial charge in [0, 0.05) is 31.3 Å². The molecule has 0 unspecified atom stereocenters. The predicted molar refractivity (Wildman–Crippen MR) is 90.5 cm³/mol. The lowest BCUT2D eigenvalue weighted by Gasteiger charge is -2.32.